The van der Waals surface area contributed by atoms with Gasteiger partial charge in [-0.2, -0.15) is 0 Å². The molecule has 0 saturated heterocycles. The van der Waals surface area contributed by atoms with Crippen LogP contribution >= 0.6 is 23.8 Å². The molecule has 5 nitrogen and oxygen atoms in total. The van der Waals surface area contributed by atoms with Gasteiger partial charge in [-0.25, -0.2) is 0 Å². The second kappa shape index (κ2) is 5.86. The summed E-state index contributed by atoms with van der Waals surface area (Å²) in [5.41, 5.74) is 2.04. The zero-order valence-electron chi connectivity index (χ0n) is 9.44. The Labute approximate surface area is 115 Å². The topological polar surface area (TPSA) is 73.8 Å². The summed E-state index contributed by atoms with van der Waals surface area (Å²) in [7, 11) is -0.992. The van der Waals surface area contributed by atoms with Gasteiger partial charge in [0.25, 0.3) is 0 Å². The molecule has 1 aromatic carbocycles. The van der Waals surface area contributed by atoms with Gasteiger partial charge in [0.2, 0.25) is 0 Å². The SMILES string of the molecule is OCCNC(=S)Nc1ccc2c(c1Cl)B(O)OC2. The van der Waals surface area contributed by atoms with Gasteiger partial charge in [0.1, 0.15) is 0 Å². The summed E-state index contributed by atoms with van der Waals surface area (Å²) in [6.07, 6.45) is 0. The number of rotatable bonds is 3. The molecule has 18 heavy (non-hydrogen) atoms. The molecule has 0 atom stereocenters. The number of benzene rings is 1. The molecule has 1 aliphatic heterocycles. The van der Waals surface area contributed by atoms with Crippen LogP contribution in [0.3, 0.4) is 0 Å². The third-order valence-electron chi connectivity index (χ3n) is 2.56. The van der Waals surface area contributed by atoms with Crippen LogP contribution in [0, 0.1) is 0 Å². The van der Waals surface area contributed by atoms with Crippen molar-refractivity contribution in [1.29, 1.82) is 0 Å². The van der Waals surface area contributed by atoms with Crippen molar-refractivity contribution in [2.75, 3.05) is 18.5 Å². The van der Waals surface area contributed by atoms with Crippen molar-refractivity contribution in [1.82, 2.24) is 5.32 Å². The number of aliphatic hydroxyl groups is 1. The minimum absolute atomic E-state index is 0.00764. The molecule has 0 aliphatic carbocycles. The number of aliphatic hydroxyl groups excluding tert-OH is 1. The predicted octanol–water partition coefficient (Wildman–Crippen LogP) is -0.164. The highest BCUT2D eigenvalue weighted by Crippen LogP contribution is 2.25. The Morgan fingerprint density at radius 3 is 3.06 bits per heavy atom. The quantitative estimate of drug-likeness (QED) is 0.457. The molecule has 0 fully saturated rings. The van der Waals surface area contributed by atoms with Crippen LogP contribution < -0.4 is 16.1 Å². The van der Waals surface area contributed by atoms with E-state index in [4.69, 9.17) is 33.6 Å². The zero-order valence-corrected chi connectivity index (χ0v) is 11.0. The molecule has 0 bridgehead atoms. The second-order valence-electron chi connectivity index (χ2n) is 3.77. The molecule has 8 heteroatoms. The molecule has 4 N–H and O–H groups in total. The number of anilines is 1. The molecule has 0 amide bonds. The first-order valence-corrected chi connectivity index (χ1v) is 6.18. The highest BCUT2D eigenvalue weighted by Gasteiger charge is 2.31. The van der Waals surface area contributed by atoms with Gasteiger partial charge < -0.3 is 25.4 Å². The Morgan fingerprint density at radius 1 is 1.56 bits per heavy atom. The predicted molar refractivity (Wildman–Crippen MR) is 75.2 cm³/mol. The summed E-state index contributed by atoms with van der Waals surface area (Å²) in [5.74, 6) is 0. The first kappa shape index (κ1) is 13.6. The Bertz CT molecular complexity index is 475. The molecule has 0 unspecified atom stereocenters. The van der Waals surface area contributed by atoms with Gasteiger partial charge in [-0.15, -0.1) is 0 Å². The number of halogens is 1. The lowest BCUT2D eigenvalue weighted by atomic mass is 9.79. The lowest BCUT2D eigenvalue weighted by Crippen LogP contribution is -2.33. The third-order valence-corrected chi connectivity index (χ3v) is 3.21. The average molecular weight is 287 g/mol. The maximum atomic E-state index is 9.65. The number of hydrogen-bond donors (Lipinski definition) is 4. The summed E-state index contributed by atoms with van der Waals surface area (Å²) in [5, 5.41) is 24.8. The summed E-state index contributed by atoms with van der Waals surface area (Å²) in [6, 6.07) is 3.60. The van der Waals surface area contributed by atoms with Crippen molar-refractivity contribution in [3.05, 3.63) is 22.7 Å². The summed E-state index contributed by atoms with van der Waals surface area (Å²) >= 11 is 11.2. The normalized spacial score (nSPS) is 13.4. The van der Waals surface area contributed by atoms with Gasteiger partial charge in [-0.3, -0.25) is 0 Å². The summed E-state index contributed by atoms with van der Waals surface area (Å²) in [6.45, 7) is 0.704. The van der Waals surface area contributed by atoms with E-state index in [2.05, 4.69) is 10.6 Å². The van der Waals surface area contributed by atoms with Crippen LogP contribution in [-0.4, -0.2) is 35.5 Å². The van der Waals surface area contributed by atoms with E-state index in [1.807, 2.05) is 6.07 Å². The molecule has 0 radical (unpaired) electrons. The van der Waals surface area contributed by atoms with Crippen molar-refractivity contribution in [2.45, 2.75) is 6.61 Å². The lowest BCUT2D eigenvalue weighted by molar-refractivity contribution is 0.275. The molecule has 0 spiro atoms. The van der Waals surface area contributed by atoms with Crippen LogP contribution in [-0.2, 0) is 11.3 Å². The van der Waals surface area contributed by atoms with E-state index in [1.165, 1.54) is 0 Å². The third kappa shape index (κ3) is 2.76. The van der Waals surface area contributed by atoms with Crippen molar-refractivity contribution in [2.24, 2.45) is 0 Å². The molecule has 0 aromatic heterocycles. The number of thiocarbonyl (C=S) groups is 1. The van der Waals surface area contributed by atoms with E-state index in [0.29, 0.717) is 34.4 Å². The van der Waals surface area contributed by atoms with Gasteiger partial charge in [0.05, 0.1) is 23.9 Å². The second-order valence-corrected chi connectivity index (χ2v) is 4.55. The maximum Gasteiger partial charge on any atom is 0.493 e. The van der Waals surface area contributed by atoms with Crippen molar-refractivity contribution < 1.29 is 14.8 Å². The van der Waals surface area contributed by atoms with Gasteiger partial charge >= 0.3 is 7.12 Å². The Kier molecular flexibility index (Phi) is 4.42. The fourth-order valence-corrected chi connectivity index (χ4v) is 2.25. The van der Waals surface area contributed by atoms with Crippen LogP contribution in [0.5, 0.6) is 0 Å². The molecule has 2 rings (SSSR count). The standard InChI is InChI=1S/C10H12BClN2O3S/c12-9-7(14-10(18)13-3-4-15)2-1-6-5-17-11(16)8(6)9/h1-2,15-16H,3-5H2,(H2,13,14,18). The Balaban J connectivity index is 2.15. The maximum absolute atomic E-state index is 9.65. The molecule has 96 valence electrons. The van der Waals surface area contributed by atoms with E-state index in [1.54, 1.807) is 6.07 Å². The van der Waals surface area contributed by atoms with E-state index in [9.17, 15) is 5.02 Å². The Morgan fingerprint density at radius 2 is 2.33 bits per heavy atom. The van der Waals surface area contributed by atoms with Gasteiger partial charge in [0.15, 0.2) is 5.11 Å². The highest BCUT2D eigenvalue weighted by atomic mass is 35.5. The number of nitrogens with one attached hydrogen (secondary N) is 2. The minimum Gasteiger partial charge on any atom is -0.423 e. The van der Waals surface area contributed by atoms with Crippen molar-refractivity contribution >= 4 is 47.2 Å². The first-order chi connectivity index (χ1) is 8.63. The Hall–Kier alpha value is -0.855. The van der Waals surface area contributed by atoms with Crippen LogP contribution in [0.1, 0.15) is 5.56 Å². The van der Waals surface area contributed by atoms with E-state index >= 15 is 0 Å². The zero-order chi connectivity index (χ0) is 13.1. The average Bonchev–Trinajstić information content (AvgIpc) is 2.73. The number of fused-ring (bicyclic) bond motifs is 1. The van der Waals surface area contributed by atoms with E-state index < -0.39 is 7.12 Å². The van der Waals surface area contributed by atoms with Crippen LogP contribution in [0.4, 0.5) is 5.69 Å². The molecule has 1 aliphatic rings. The first-order valence-electron chi connectivity index (χ1n) is 5.40. The molecule has 1 aromatic rings. The summed E-state index contributed by atoms with van der Waals surface area (Å²) < 4.78 is 5.09. The van der Waals surface area contributed by atoms with E-state index in [-0.39, 0.29) is 6.61 Å². The molecule has 1 heterocycles. The van der Waals surface area contributed by atoms with Gasteiger partial charge in [0, 0.05) is 12.0 Å². The largest absolute Gasteiger partial charge is 0.493 e. The molecular weight excluding hydrogens is 274 g/mol. The summed E-state index contributed by atoms with van der Waals surface area (Å²) in [4.78, 5) is 0. The minimum atomic E-state index is -0.992. The smallest absolute Gasteiger partial charge is 0.423 e. The number of hydrogen-bond acceptors (Lipinski definition) is 4. The van der Waals surface area contributed by atoms with Gasteiger partial charge in [-0.05, 0) is 23.8 Å². The van der Waals surface area contributed by atoms with Crippen LogP contribution in [0.2, 0.25) is 5.02 Å². The van der Waals surface area contributed by atoms with Crippen molar-refractivity contribution in [3.8, 4) is 0 Å². The van der Waals surface area contributed by atoms with Crippen LogP contribution in [0.25, 0.3) is 0 Å². The molecular formula is C10H12BClN2O3S. The fourth-order valence-electron chi connectivity index (χ4n) is 1.71. The van der Waals surface area contributed by atoms with Crippen LogP contribution in [0.15, 0.2) is 12.1 Å². The van der Waals surface area contributed by atoms with Crippen molar-refractivity contribution in [3.63, 3.8) is 0 Å². The highest BCUT2D eigenvalue weighted by molar-refractivity contribution is 7.80. The van der Waals surface area contributed by atoms with E-state index in [0.717, 1.165) is 5.56 Å². The fraction of sp³-hybridized carbons (Fsp3) is 0.300. The monoisotopic (exact) mass is 286 g/mol. The van der Waals surface area contributed by atoms with Gasteiger partial charge in [-0.1, -0.05) is 17.7 Å². The lowest BCUT2D eigenvalue weighted by Gasteiger charge is -2.13. The molecule has 0 saturated carbocycles.